The van der Waals surface area contributed by atoms with Crippen LogP contribution in [0.4, 0.5) is 0 Å². The van der Waals surface area contributed by atoms with Crippen LogP contribution in [0.15, 0.2) is 78.9 Å². The minimum atomic E-state index is -2.55. The summed E-state index contributed by atoms with van der Waals surface area (Å²) >= 11 is 0. The maximum atomic E-state index is 13.1. The number of hydrogen-bond donors (Lipinski definition) is 1. The van der Waals surface area contributed by atoms with Crippen molar-refractivity contribution in [3.63, 3.8) is 0 Å². The fourth-order valence-corrected chi connectivity index (χ4v) is 13.2. The van der Waals surface area contributed by atoms with Gasteiger partial charge in [-0.05, 0) is 83.7 Å². The highest BCUT2D eigenvalue weighted by Crippen LogP contribution is 2.42. The van der Waals surface area contributed by atoms with E-state index in [0.717, 1.165) is 43.7 Å². The van der Waals surface area contributed by atoms with Crippen molar-refractivity contribution in [2.24, 2.45) is 5.92 Å². The number of nitrogens with zero attached hydrogens (tertiary/aromatic N) is 2. The van der Waals surface area contributed by atoms with E-state index in [-0.39, 0.29) is 29.4 Å². The maximum Gasteiger partial charge on any atom is 0.261 e. The number of rotatable bonds is 10. The first kappa shape index (κ1) is 33.7. The Kier molecular flexibility index (Phi) is 9.52. The molecule has 3 aromatic rings. The SMILES string of the molecule is CC(C)(C)[Si](O[C@H]1C[C@@H](CN2CCCC[C@@H]2COc2ccc3c(c2)CN(C2CCC(=O)NC2=O)C3=O)C1)(c1ccccc1)c1ccccc1. The number of fused-ring (bicyclic) bond motifs is 1. The Labute approximate surface area is 291 Å². The summed E-state index contributed by atoms with van der Waals surface area (Å²) in [5, 5.41) is 5.02. The molecule has 3 aromatic carbocycles. The monoisotopic (exact) mass is 679 g/mol. The summed E-state index contributed by atoms with van der Waals surface area (Å²) in [4.78, 5) is 41.4. The summed E-state index contributed by atoms with van der Waals surface area (Å²) in [5.41, 5.74) is 1.48. The molecule has 3 amide bonds. The average Bonchev–Trinajstić information content (AvgIpc) is 3.40. The van der Waals surface area contributed by atoms with Crippen molar-refractivity contribution in [2.75, 3.05) is 19.7 Å². The van der Waals surface area contributed by atoms with Crippen LogP contribution in [0.3, 0.4) is 0 Å². The molecule has 1 N–H and O–H groups in total. The molecule has 1 aliphatic carbocycles. The number of amides is 3. The van der Waals surface area contributed by atoms with Crippen molar-refractivity contribution in [3.8, 4) is 5.75 Å². The standard InChI is InChI=1S/C40H49N3O5Si/c1-40(2,3)49(33-13-6-4-7-14-33,34-15-8-5-9-16-34)48-32-22-28(23-32)25-42-21-11-10-12-30(42)27-47-31-17-18-35-29(24-31)26-43(39(35)46)36-19-20-37(44)41-38(36)45/h4-9,13-18,24,28,30,32,36H,10-12,19-23,25-27H2,1-3H3,(H,41,44,45)/t28-,30-,32+,36?/m1/s1. The van der Waals surface area contributed by atoms with E-state index in [2.05, 4.69) is 91.7 Å². The van der Waals surface area contributed by atoms with Gasteiger partial charge in [-0.25, -0.2) is 0 Å². The lowest BCUT2D eigenvalue weighted by Gasteiger charge is -2.49. The molecule has 49 heavy (non-hydrogen) atoms. The molecule has 0 bridgehead atoms. The Bertz CT molecular complexity index is 1630. The summed E-state index contributed by atoms with van der Waals surface area (Å²) in [6.45, 7) is 10.2. The number of carbonyl (C=O) groups excluding carboxylic acids is 3. The van der Waals surface area contributed by atoms with E-state index in [0.29, 0.717) is 37.1 Å². The summed E-state index contributed by atoms with van der Waals surface area (Å²) in [6.07, 6.45) is 6.55. The molecule has 3 fully saturated rings. The van der Waals surface area contributed by atoms with Gasteiger partial charge in [0, 0.05) is 37.2 Å². The Morgan fingerprint density at radius 3 is 2.22 bits per heavy atom. The van der Waals surface area contributed by atoms with Gasteiger partial charge >= 0.3 is 0 Å². The van der Waals surface area contributed by atoms with Crippen LogP contribution in [-0.4, -0.2) is 73.7 Å². The van der Waals surface area contributed by atoms with E-state index in [1.54, 1.807) is 4.90 Å². The molecule has 3 aliphatic heterocycles. The molecule has 2 saturated heterocycles. The molecule has 1 saturated carbocycles. The van der Waals surface area contributed by atoms with Crippen molar-refractivity contribution in [3.05, 3.63) is 90.0 Å². The van der Waals surface area contributed by atoms with Crippen molar-refractivity contribution >= 4 is 36.4 Å². The van der Waals surface area contributed by atoms with Crippen molar-refractivity contribution in [1.82, 2.24) is 15.1 Å². The Morgan fingerprint density at radius 2 is 1.57 bits per heavy atom. The van der Waals surface area contributed by atoms with Crippen LogP contribution < -0.4 is 20.4 Å². The summed E-state index contributed by atoms with van der Waals surface area (Å²) in [6, 6.07) is 27.2. The van der Waals surface area contributed by atoms with E-state index in [4.69, 9.17) is 9.16 Å². The molecule has 4 aliphatic rings. The average molecular weight is 680 g/mol. The minimum absolute atomic E-state index is 0.0236. The fourth-order valence-electron chi connectivity index (χ4n) is 8.51. The number of benzene rings is 3. The number of likely N-dealkylation sites (tertiary alicyclic amines) is 1. The molecule has 258 valence electrons. The molecule has 7 rings (SSSR count). The van der Waals surface area contributed by atoms with Crippen LogP contribution >= 0.6 is 0 Å². The van der Waals surface area contributed by atoms with Gasteiger partial charge in [-0.2, -0.15) is 0 Å². The zero-order valence-corrected chi connectivity index (χ0v) is 30.0. The normalized spacial score (nSPS) is 24.7. The topological polar surface area (TPSA) is 88.2 Å². The third-order valence-corrected chi connectivity index (χ3v) is 16.2. The quantitative estimate of drug-likeness (QED) is 0.239. The highest BCUT2D eigenvalue weighted by atomic mass is 28.4. The van der Waals surface area contributed by atoms with Gasteiger partial charge in [-0.3, -0.25) is 24.6 Å². The van der Waals surface area contributed by atoms with Gasteiger partial charge in [0.1, 0.15) is 18.4 Å². The van der Waals surface area contributed by atoms with Crippen LogP contribution in [0.1, 0.15) is 81.6 Å². The minimum Gasteiger partial charge on any atom is -0.492 e. The predicted molar refractivity (Wildman–Crippen MR) is 192 cm³/mol. The molecule has 3 heterocycles. The Hall–Kier alpha value is -3.79. The largest absolute Gasteiger partial charge is 0.492 e. The van der Waals surface area contributed by atoms with E-state index in [1.807, 2.05) is 18.2 Å². The van der Waals surface area contributed by atoms with Gasteiger partial charge in [-0.1, -0.05) is 87.9 Å². The fraction of sp³-hybridized carbons (Fsp3) is 0.475. The first-order valence-electron chi connectivity index (χ1n) is 18.1. The van der Waals surface area contributed by atoms with Gasteiger partial charge < -0.3 is 14.1 Å². The summed E-state index contributed by atoms with van der Waals surface area (Å²) in [7, 11) is -2.55. The molecule has 2 atom stereocenters. The predicted octanol–water partition coefficient (Wildman–Crippen LogP) is 5.04. The van der Waals surface area contributed by atoms with E-state index < -0.39 is 20.3 Å². The first-order valence-corrected chi connectivity index (χ1v) is 20.0. The molecule has 0 radical (unpaired) electrons. The van der Waals surface area contributed by atoms with Gasteiger partial charge in [0.2, 0.25) is 11.8 Å². The lowest BCUT2D eigenvalue weighted by molar-refractivity contribution is -0.136. The molecule has 8 nitrogen and oxygen atoms in total. The van der Waals surface area contributed by atoms with Crippen LogP contribution in [0.2, 0.25) is 5.04 Å². The molecule has 0 spiro atoms. The third-order valence-electron chi connectivity index (χ3n) is 11.1. The second-order valence-electron chi connectivity index (χ2n) is 15.4. The number of ether oxygens (including phenoxy) is 1. The van der Waals surface area contributed by atoms with Crippen molar-refractivity contribution < 1.29 is 23.5 Å². The van der Waals surface area contributed by atoms with Gasteiger partial charge in [-0.15, -0.1) is 0 Å². The van der Waals surface area contributed by atoms with E-state index >= 15 is 0 Å². The zero-order valence-electron chi connectivity index (χ0n) is 29.0. The second kappa shape index (κ2) is 13.8. The molecular weight excluding hydrogens is 631 g/mol. The van der Waals surface area contributed by atoms with Crippen LogP contribution in [0.25, 0.3) is 0 Å². The zero-order chi connectivity index (χ0) is 34.2. The smallest absolute Gasteiger partial charge is 0.261 e. The Balaban J connectivity index is 0.968. The number of carbonyl (C=O) groups is 3. The van der Waals surface area contributed by atoms with Gasteiger partial charge in [0.15, 0.2) is 0 Å². The summed E-state index contributed by atoms with van der Waals surface area (Å²) in [5.74, 6) is 0.530. The lowest BCUT2D eigenvalue weighted by atomic mass is 9.81. The van der Waals surface area contributed by atoms with Crippen molar-refractivity contribution in [2.45, 2.75) is 95.5 Å². The number of imide groups is 1. The van der Waals surface area contributed by atoms with Crippen molar-refractivity contribution in [1.29, 1.82) is 0 Å². The summed E-state index contributed by atoms with van der Waals surface area (Å²) < 4.78 is 13.8. The Morgan fingerprint density at radius 1 is 0.878 bits per heavy atom. The molecule has 1 unspecified atom stereocenters. The maximum absolute atomic E-state index is 13.1. The first-order chi connectivity index (χ1) is 23.6. The number of piperidine rings is 2. The van der Waals surface area contributed by atoms with Gasteiger partial charge in [0.05, 0.1) is 0 Å². The third kappa shape index (κ3) is 6.73. The van der Waals surface area contributed by atoms with Crippen LogP contribution in [-0.2, 0) is 20.6 Å². The van der Waals surface area contributed by atoms with Crippen LogP contribution in [0.5, 0.6) is 5.75 Å². The number of hydrogen-bond acceptors (Lipinski definition) is 6. The number of nitrogens with one attached hydrogen (secondary N) is 1. The highest BCUT2D eigenvalue weighted by molar-refractivity contribution is 6.99. The molecular formula is C40H49N3O5Si. The molecule has 9 heteroatoms. The van der Waals surface area contributed by atoms with E-state index in [9.17, 15) is 14.4 Å². The van der Waals surface area contributed by atoms with Gasteiger partial charge in [0.25, 0.3) is 14.2 Å². The highest BCUT2D eigenvalue weighted by Gasteiger charge is 2.53. The second-order valence-corrected chi connectivity index (χ2v) is 19.7. The lowest BCUT2D eigenvalue weighted by Crippen LogP contribution is -2.68. The van der Waals surface area contributed by atoms with Crippen LogP contribution in [0, 0.1) is 5.92 Å². The van der Waals surface area contributed by atoms with E-state index in [1.165, 1.54) is 23.2 Å². The molecule has 0 aromatic heterocycles.